The van der Waals surface area contributed by atoms with Gasteiger partial charge in [0.05, 0.1) is 5.02 Å². The first-order chi connectivity index (χ1) is 10.2. The molecule has 2 rings (SSSR count). The Morgan fingerprint density at radius 1 is 1.43 bits per heavy atom. The van der Waals surface area contributed by atoms with E-state index < -0.39 is 0 Å². The number of hydrogen-bond donors (Lipinski definition) is 1. The Balaban J connectivity index is 1.96. The topological polar surface area (TPSA) is 28.2 Å². The lowest BCUT2D eigenvalue weighted by Gasteiger charge is -2.19. The molecule has 114 valence electrons. The molecule has 0 bridgehead atoms. The summed E-state index contributed by atoms with van der Waals surface area (Å²) in [6.45, 7) is 4.91. The number of likely N-dealkylation sites (N-methyl/N-ethyl adjacent to an activating group) is 1. The smallest absolute Gasteiger partial charge is 0.128 e. The predicted octanol–water partition coefficient (Wildman–Crippen LogP) is 3.98. The molecule has 2 aromatic rings. The molecule has 2 heterocycles. The summed E-state index contributed by atoms with van der Waals surface area (Å²) in [4.78, 5) is 8.02. The Kier molecular flexibility index (Phi) is 6.49. The van der Waals surface area contributed by atoms with Crippen LogP contribution in [0, 0.1) is 0 Å². The molecule has 0 saturated heterocycles. The van der Waals surface area contributed by atoms with E-state index in [1.54, 1.807) is 17.5 Å². The van der Waals surface area contributed by atoms with E-state index in [0.29, 0.717) is 0 Å². The SMILES string of the molecule is CCCNCc1cc(N(C)CCc2cccs2)ncc1Cl. The van der Waals surface area contributed by atoms with E-state index in [-0.39, 0.29) is 0 Å². The van der Waals surface area contributed by atoms with Gasteiger partial charge in [-0.1, -0.05) is 24.6 Å². The molecule has 0 radical (unpaired) electrons. The molecule has 0 aliphatic heterocycles. The minimum atomic E-state index is 0.731. The highest BCUT2D eigenvalue weighted by molar-refractivity contribution is 7.09. The third-order valence-corrected chi connectivity index (χ3v) is 4.60. The van der Waals surface area contributed by atoms with Crippen molar-refractivity contribution < 1.29 is 0 Å². The van der Waals surface area contributed by atoms with Gasteiger partial charge in [0.25, 0.3) is 0 Å². The molecule has 0 saturated carbocycles. The number of anilines is 1. The molecule has 0 fully saturated rings. The molecule has 2 aromatic heterocycles. The fourth-order valence-corrected chi connectivity index (χ4v) is 2.93. The van der Waals surface area contributed by atoms with Crippen LogP contribution in [0.2, 0.25) is 5.02 Å². The highest BCUT2D eigenvalue weighted by Crippen LogP contribution is 2.20. The second-order valence-electron chi connectivity index (χ2n) is 5.06. The number of halogens is 1. The van der Waals surface area contributed by atoms with Crippen LogP contribution >= 0.6 is 22.9 Å². The third kappa shape index (κ3) is 4.99. The maximum Gasteiger partial charge on any atom is 0.128 e. The molecule has 0 aliphatic carbocycles. The number of pyridine rings is 1. The van der Waals surface area contributed by atoms with Gasteiger partial charge in [-0.3, -0.25) is 0 Å². The summed E-state index contributed by atoms with van der Waals surface area (Å²) in [7, 11) is 2.08. The third-order valence-electron chi connectivity index (χ3n) is 3.33. The van der Waals surface area contributed by atoms with Gasteiger partial charge in [-0.2, -0.15) is 0 Å². The number of nitrogens with zero attached hydrogens (tertiary/aromatic N) is 2. The van der Waals surface area contributed by atoms with Crippen molar-refractivity contribution in [1.29, 1.82) is 0 Å². The van der Waals surface area contributed by atoms with Gasteiger partial charge in [0.1, 0.15) is 5.82 Å². The van der Waals surface area contributed by atoms with Crippen LogP contribution in [0.25, 0.3) is 0 Å². The first kappa shape index (κ1) is 16.3. The van der Waals surface area contributed by atoms with Crippen molar-refractivity contribution in [3.8, 4) is 0 Å². The minimum Gasteiger partial charge on any atom is -0.359 e. The van der Waals surface area contributed by atoms with Crippen molar-refractivity contribution in [1.82, 2.24) is 10.3 Å². The van der Waals surface area contributed by atoms with Crippen molar-refractivity contribution in [3.05, 3.63) is 45.2 Å². The zero-order valence-electron chi connectivity index (χ0n) is 12.6. The largest absolute Gasteiger partial charge is 0.359 e. The Hall–Kier alpha value is -1.10. The van der Waals surface area contributed by atoms with Crippen LogP contribution in [0.3, 0.4) is 0 Å². The molecule has 5 heteroatoms. The van der Waals surface area contributed by atoms with Gasteiger partial charge in [-0.05, 0) is 42.5 Å². The molecular formula is C16H22ClN3S. The van der Waals surface area contributed by atoms with E-state index in [1.165, 1.54) is 4.88 Å². The summed E-state index contributed by atoms with van der Waals surface area (Å²) >= 11 is 8.02. The van der Waals surface area contributed by atoms with Crippen molar-refractivity contribution in [3.63, 3.8) is 0 Å². The molecule has 3 nitrogen and oxygen atoms in total. The normalized spacial score (nSPS) is 10.8. The summed E-state index contributed by atoms with van der Waals surface area (Å²) < 4.78 is 0. The van der Waals surface area contributed by atoms with Crippen LogP contribution in [0.4, 0.5) is 5.82 Å². The summed E-state index contributed by atoms with van der Waals surface area (Å²) in [6.07, 6.45) is 3.92. The molecule has 1 N–H and O–H groups in total. The first-order valence-corrected chi connectivity index (χ1v) is 8.55. The fourth-order valence-electron chi connectivity index (χ4n) is 2.06. The maximum absolute atomic E-state index is 6.22. The Bertz CT molecular complexity index is 542. The number of nitrogens with one attached hydrogen (secondary N) is 1. The van der Waals surface area contributed by atoms with Crippen LogP contribution in [0.1, 0.15) is 23.8 Å². The zero-order chi connectivity index (χ0) is 15.1. The maximum atomic E-state index is 6.22. The second-order valence-corrected chi connectivity index (χ2v) is 6.50. The molecule has 0 aliphatic rings. The standard InChI is InChI=1S/C16H22ClN3S/c1-3-7-18-11-13-10-16(19-12-15(13)17)20(2)8-6-14-5-4-9-21-14/h4-5,9-10,12,18H,3,6-8,11H2,1-2H3. The van der Waals surface area contributed by atoms with Crippen LogP contribution < -0.4 is 10.2 Å². The first-order valence-electron chi connectivity index (χ1n) is 7.29. The van der Waals surface area contributed by atoms with E-state index >= 15 is 0 Å². The molecule has 0 amide bonds. The second kappa shape index (κ2) is 8.37. The highest BCUT2D eigenvalue weighted by Gasteiger charge is 2.07. The van der Waals surface area contributed by atoms with Crippen molar-refractivity contribution in [2.24, 2.45) is 0 Å². The summed E-state index contributed by atoms with van der Waals surface area (Å²) in [5.41, 5.74) is 1.11. The van der Waals surface area contributed by atoms with Crippen molar-refractivity contribution >= 4 is 28.8 Å². The zero-order valence-corrected chi connectivity index (χ0v) is 14.2. The lowest BCUT2D eigenvalue weighted by atomic mass is 10.2. The lowest BCUT2D eigenvalue weighted by molar-refractivity contribution is 0.674. The van der Waals surface area contributed by atoms with Crippen molar-refractivity contribution in [2.45, 2.75) is 26.3 Å². The highest BCUT2D eigenvalue weighted by atomic mass is 35.5. The van der Waals surface area contributed by atoms with Gasteiger partial charge in [0, 0.05) is 31.2 Å². The average Bonchev–Trinajstić information content (AvgIpc) is 3.00. The van der Waals surface area contributed by atoms with E-state index in [1.807, 2.05) is 0 Å². The van der Waals surface area contributed by atoms with E-state index in [2.05, 4.69) is 52.8 Å². The number of aromatic nitrogens is 1. The van der Waals surface area contributed by atoms with Gasteiger partial charge in [-0.25, -0.2) is 4.98 Å². The van der Waals surface area contributed by atoms with Crippen LogP contribution in [-0.4, -0.2) is 25.1 Å². The molecule has 0 atom stereocenters. The minimum absolute atomic E-state index is 0.731. The number of hydrogen-bond acceptors (Lipinski definition) is 4. The van der Waals surface area contributed by atoms with Gasteiger partial charge in [0.15, 0.2) is 0 Å². The fraction of sp³-hybridized carbons (Fsp3) is 0.438. The number of thiophene rings is 1. The summed E-state index contributed by atoms with van der Waals surface area (Å²) in [5.74, 6) is 0.976. The van der Waals surface area contributed by atoms with E-state index in [4.69, 9.17) is 11.6 Å². The van der Waals surface area contributed by atoms with Crippen LogP contribution in [0.5, 0.6) is 0 Å². The Morgan fingerprint density at radius 3 is 3.00 bits per heavy atom. The van der Waals surface area contributed by atoms with Crippen LogP contribution in [0.15, 0.2) is 29.8 Å². The van der Waals surface area contributed by atoms with E-state index in [9.17, 15) is 0 Å². The average molecular weight is 324 g/mol. The van der Waals surface area contributed by atoms with E-state index in [0.717, 1.165) is 48.9 Å². The molecule has 0 aromatic carbocycles. The van der Waals surface area contributed by atoms with Gasteiger partial charge in [0.2, 0.25) is 0 Å². The number of rotatable bonds is 8. The summed E-state index contributed by atoms with van der Waals surface area (Å²) in [5, 5.41) is 6.23. The van der Waals surface area contributed by atoms with Crippen LogP contribution in [-0.2, 0) is 13.0 Å². The van der Waals surface area contributed by atoms with Gasteiger partial charge in [-0.15, -0.1) is 11.3 Å². The van der Waals surface area contributed by atoms with Gasteiger partial charge >= 0.3 is 0 Å². The van der Waals surface area contributed by atoms with Gasteiger partial charge < -0.3 is 10.2 Å². The molecular weight excluding hydrogens is 302 g/mol. The Morgan fingerprint density at radius 2 is 2.29 bits per heavy atom. The predicted molar refractivity (Wildman–Crippen MR) is 92.5 cm³/mol. The molecule has 0 unspecified atom stereocenters. The van der Waals surface area contributed by atoms with Crippen molar-refractivity contribution in [2.75, 3.05) is 25.0 Å². The summed E-state index contributed by atoms with van der Waals surface area (Å²) in [6, 6.07) is 6.35. The Labute approximate surface area is 136 Å². The monoisotopic (exact) mass is 323 g/mol. The lowest BCUT2D eigenvalue weighted by Crippen LogP contribution is -2.22. The quantitative estimate of drug-likeness (QED) is 0.745. The molecule has 21 heavy (non-hydrogen) atoms. The molecule has 0 spiro atoms.